The number of benzene rings is 2. The number of non-ortho nitro benzene ring substituents is 1. The van der Waals surface area contributed by atoms with E-state index >= 15 is 0 Å². The lowest BCUT2D eigenvalue weighted by Crippen LogP contribution is -1.94. The molecule has 114 valence electrons. The highest BCUT2D eigenvalue weighted by atomic mass is 35.5. The van der Waals surface area contributed by atoms with Gasteiger partial charge < -0.3 is 0 Å². The second-order valence-electron chi connectivity index (χ2n) is 4.78. The van der Waals surface area contributed by atoms with Crippen LogP contribution in [0.25, 0.3) is 16.9 Å². The van der Waals surface area contributed by atoms with Crippen LogP contribution < -0.4 is 0 Å². The molecule has 0 aliphatic rings. The largest absolute Gasteiger partial charge is 0.298 e. The van der Waals surface area contributed by atoms with Gasteiger partial charge in [-0.05, 0) is 36.4 Å². The minimum absolute atomic E-state index is 0.0152. The van der Waals surface area contributed by atoms with Crippen molar-refractivity contribution in [3.05, 3.63) is 75.4 Å². The van der Waals surface area contributed by atoms with Gasteiger partial charge in [0, 0.05) is 28.9 Å². The van der Waals surface area contributed by atoms with E-state index in [0.29, 0.717) is 28.1 Å². The third kappa shape index (κ3) is 2.97. The first kappa shape index (κ1) is 14.9. The third-order valence-corrected chi connectivity index (χ3v) is 3.56. The van der Waals surface area contributed by atoms with Crippen LogP contribution in [0, 0.1) is 10.1 Å². The molecule has 23 heavy (non-hydrogen) atoms. The number of nitro benzene ring substituents is 1. The van der Waals surface area contributed by atoms with Crippen LogP contribution in [0.15, 0.2) is 54.7 Å². The summed E-state index contributed by atoms with van der Waals surface area (Å²) in [6.07, 6.45) is 2.31. The molecule has 3 rings (SSSR count). The van der Waals surface area contributed by atoms with Crippen molar-refractivity contribution in [2.45, 2.75) is 0 Å². The Morgan fingerprint density at radius 3 is 2.30 bits per heavy atom. The number of nitrogens with zero attached hydrogens (tertiary/aromatic N) is 3. The van der Waals surface area contributed by atoms with Crippen LogP contribution in [-0.4, -0.2) is 21.0 Å². The quantitative estimate of drug-likeness (QED) is 0.413. The number of aromatic nitrogens is 2. The number of carbonyl (C=O) groups is 1. The molecule has 0 radical (unpaired) electrons. The van der Waals surface area contributed by atoms with Gasteiger partial charge in [-0.1, -0.05) is 11.6 Å². The van der Waals surface area contributed by atoms with Crippen molar-refractivity contribution in [1.29, 1.82) is 0 Å². The summed E-state index contributed by atoms with van der Waals surface area (Å²) in [6, 6.07) is 12.9. The van der Waals surface area contributed by atoms with Crippen LogP contribution in [0.3, 0.4) is 0 Å². The second kappa shape index (κ2) is 6.02. The molecule has 0 bridgehead atoms. The first-order valence-corrected chi connectivity index (χ1v) is 7.02. The predicted molar refractivity (Wildman–Crippen MR) is 86.1 cm³/mol. The highest BCUT2D eigenvalue weighted by Crippen LogP contribution is 2.25. The lowest BCUT2D eigenvalue weighted by molar-refractivity contribution is -0.384. The fourth-order valence-corrected chi connectivity index (χ4v) is 2.29. The van der Waals surface area contributed by atoms with Crippen molar-refractivity contribution in [2.24, 2.45) is 0 Å². The molecule has 7 heteroatoms. The summed E-state index contributed by atoms with van der Waals surface area (Å²) in [5.74, 6) is 0. The standard InChI is InChI=1S/C16H10ClN3O3/c17-13-3-7-14(8-4-13)19-9-12(10-21)16(18-19)11-1-5-15(6-2-11)20(22)23/h1-10H. The minimum Gasteiger partial charge on any atom is -0.298 e. The summed E-state index contributed by atoms with van der Waals surface area (Å²) < 4.78 is 1.57. The lowest BCUT2D eigenvalue weighted by Gasteiger charge is -2.01. The second-order valence-corrected chi connectivity index (χ2v) is 5.21. The summed E-state index contributed by atoms with van der Waals surface area (Å²) in [5, 5.41) is 15.7. The SMILES string of the molecule is O=Cc1cn(-c2ccc(Cl)cc2)nc1-c1ccc([N+](=O)[O-])cc1. The Morgan fingerprint density at radius 1 is 1.09 bits per heavy atom. The van der Waals surface area contributed by atoms with Crippen LogP contribution in [0.4, 0.5) is 5.69 Å². The van der Waals surface area contributed by atoms with Gasteiger partial charge in [0.1, 0.15) is 5.69 Å². The molecule has 0 aliphatic heterocycles. The molecule has 1 aromatic heterocycles. The maximum Gasteiger partial charge on any atom is 0.269 e. The third-order valence-electron chi connectivity index (χ3n) is 3.31. The predicted octanol–water partition coefficient (Wildman–Crippen LogP) is 3.91. The van der Waals surface area contributed by atoms with E-state index in [4.69, 9.17) is 11.6 Å². The average Bonchev–Trinajstić information content (AvgIpc) is 3.00. The molecule has 0 saturated heterocycles. The van der Waals surface area contributed by atoms with Crippen molar-refractivity contribution in [2.75, 3.05) is 0 Å². The van der Waals surface area contributed by atoms with Gasteiger partial charge in [0.05, 0.1) is 16.2 Å². The number of carbonyl (C=O) groups excluding carboxylic acids is 1. The molecular weight excluding hydrogens is 318 g/mol. The number of rotatable bonds is 4. The van der Waals surface area contributed by atoms with Gasteiger partial charge in [0.15, 0.2) is 6.29 Å². The van der Waals surface area contributed by atoms with Crippen LogP contribution in [0.2, 0.25) is 5.02 Å². The number of hydrogen-bond acceptors (Lipinski definition) is 4. The summed E-state index contributed by atoms with van der Waals surface area (Å²) in [7, 11) is 0. The molecule has 0 saturated carbocycles. The zero-order valence-electron chi connectivity index (χ0n) is 11.7. The highest BCUT2D eigenvalue weighted by molar-refractivity contribution is 6.30. The van der Waals surface area contributed by atoms with Gasteiger partial charge in [-0.2, -0.15) is 5.10 Å². The number of halogens is 1. The Hall–Kier alpha value is -2.99. The zero-order valence-corrected chi connectivity index (χ0v) is 12.5. The van der Waals surface area contributed by atoms with Gasteiger partial charge in [-0.15, -0.1) is 0 Å². The van der Waals surface area contributed by atoms with Crippen molar-refractivity contribution in [1.82, 2.24) is 9.78 Å². The minimum atomic E-state index is -0.475. The van der Waals surface area contributed by atoms with E-state index in [2.05, 4.69) is 5.10 Å². The molecule has 0 aliphatic carbocycles. The lowest BCUT2D eigenvalue weighted by atomic mass is 10.1. The van der Waals surface area contributed by atoms with Crippen LogP contribution in [0.5, 0.6) is 0 Å². The Kier molecular flexibility index (Phi) is 3.91. The molecule has 0 N–H and O–H groups in total. The molecular formula is C16H10ClN3O3. The molecule has 1 heterocycles. The van der Waals surface area contributed by atoms with E-state index in [1.807, 2.05) is 0 Å². The number of aldehydes is 1. The molecule has 0 spiro atoms. The average molecular weight is 328 g/mol. The highest BCUT2D eigenvalue weighted by Gasteiger charge is 2.13. The van der Waals surface area contributed by atoms with Gasteiger partial charge in [-0.3, -0.25) is 14.9 Å². The summed E-state index contributed by atoms with van der Waals surface area (Å²) in [6.45, 7) is 0. The first-order valence-electron chi connectivity index (χ1n) is 6.64. The molecule has 0 unspecified atom stereocenters. The topological polar surface area (TPSA) is 78.0 Å². The fourth-order valence-electron chi connectivity index (χ4n) is 2.16. The molecule has 3 aromatic rings. The van der Waals surface area contributed by atoms with E-state index in [-0.39, 0.29) is 5.69 Å². The van der Waals surface area contributed by atoms with Crippen molar-refractivity contribution in [3.63, 3.8) is 0 Å². The van der Waals surface area contributed by atoms with Gasteiger partial charge in [0.25, 0.3) is 5.69 Å². The number of hydrogen-bond donors (Lipinski definition) is 0. The summed E-state index contributed by atoms with van der Waals surface area (Å²) in [5.41, 5.74) is 2.23. The van der Waals surface area contributed by atoms with Crippen LogP contribution >= 0.6 is 11.6 Å². The van der Waals surface area contributed by atoms with Crippen LogP contribution in [0.1, 0.15) is 10.4 Å². The smallest absolute Gasteiger partial charge is 0.269 e. The maximum atomic E-state index is 11.3. The zero-order chi connectivity index (χ0) is 16.4. The Labute approximate surface area is 136 Å². The molecule has 2 aromatic carbocycles. The normalized spacial score (nSPS) is 10.5. The van der Waals surface area contributed by atoms with Gasteiger partial charge in [0.2, 0.25) is 0 Å². The van der Waals surface area contributed by atoms with Crippen molar-refractivity contribution < 1.29 is 9.72 Å². The summed E-state index contributed by atoms with van der Waals surface area (Å²) >= 11 is 5.86. The number of nitro groups is 1. The molecule has 0 fully saturated rings. The van der Waals surface area contributed by atoms with Gasteiger partial charge in [-0.25, -0.2) is 4.68 Å². The van der Waals surface area contributed by atoms with E-state index in [0.717, 1.165) is 5.69 Å². The summed E-state index contributed by atoms with van der Waals surface area (Å²) in [4.78, 5) is 21.5. The molecule has 0 amide bonds. The maximum absolute atomic E-state index is 11.3. The Bertz CT molecular complexity index is 871. The van der Waals surface area contributed by atoms with Crippen LogP contribution in [-0.2, 0) is 0 Å². The molecule has 0 atom stereocenters. The molecule has 6 nitrogen and oxygen atoms in total. The monoisotopic (exact) mass is 327 g/mol. The van der Waals surface area contributed by atoms with E-state index in [9.17, 15) is 14.9 Å². The van der Waals surface area contributed by atoms with E-state index < -0.39 is 4.92 Å². The first-order chi connectivity index (χ1) is 11.1. The Morgan fingerprint density at radius 2 is 1.74 bits per heavy atom. The van der Waals surface area contributed by atoms with Gasteiger partial charge >= 0.3 is 0 Å². The van der Waals surface area contributed by atoms with Crippen molar-refractivity contribution in [3.8, 4) is 16.9 Å². The van der Waals surface area contributed by atoms with Crippen molar-refractivity contribution >= 4 is 23.6 Å². The van der Waals surface area contributed by atoms with E-state index in [1.54, 1.807) is 47.3 Å². The fraction of sp³-hybridized carbons (Fsp3) is 0. The van der Waals surface area contributed by atoms with E-state index in [1.165, 1.54) is 12.1 Å². The Balaban J connectivity index is 2.03.